The maximum atomic E-state index is 11.4. The van der Waals surface area contributed by atoms with E-state index in [0.717, 1.165) is 6.07 Å². The molecular weight excluding hydrogens is 340 g/mol. The van der Waals surface area contributed by atoms with Crippen LogP contribution in [-0.4, -0.2) is 25.0 Å². The second-order valence-electron chi connectivity index (χ2n) is 4.72. The number of benzene rings is 1. The van der Waals surface area contributed by atoms with Gasteiger partial charge in [-0.25, -0.2) is 13.6 Å². The Morgan fingerprint density at radius 2 is 2.00 bits per heavy atom. The van der Waals surface area contributed by atoms with Crippen molar-refractivity contribution in [3.05, 3.63) is 32.3 Å². The Morgan fingerprint density at radius 3 is 2.42 bits per heavy atom. The van der Waals surface area contributed by atoms with Crippen molar-refractivity contribution in [2.45, 2.75) is 24.2 Å². The summed E-state index contributed by atoms with van der Waals surface area (Å²) >= 11 is 3.10. The Balaban J connectivity index is 3.54. The minimum absolute atomic E-state index is 0.141. The van der Waals surface area contributed by atoms with Crippen LogP contribution < -0.4 is 5.14 Å². The predicted octanol–water partition coefficient (Wildman–Crippen LogP) is 1.36. The molecule has 0 amide bonds. The summed E-state index contributed by atoms with van der Waals surface area (Å²) in [5.74, 6) is -0.558. The fourth-order valence-electron chi connectivity index (χ4n) is 1.71. The number of nitro groups is 1. The normalized spacial score (nSPS) is 12.4. The molecule has 7 nitrogen and oxygen atoms in total. The fourth-order valence-corrected chi connectivity index (χ4v) is 2.99. The highest BCUT2D eigenvalue weighted by molar-refractivity contribution is 9.10. The summed E-state index contributed by atoms with van der Waals surface area (Å²) in [6, 6.07) is 2.59. The number of nitrogens with two attached hydrogens (primary N) is 1. The van der Waals surface area contributed by atoms with Gasteiger partial charge >= 0.3 is 0 Å². The second-order valence-corrected chi connectivity index (χ2v) is 7.17. The summed E-state index contributed by atoms with van der Waals surface area (Å²) in [7, 11) is -4.12. The molecule has 1 aromatic rings. The predicted molar refractivity (Wildman–Crippen MR) is 72.1 cm³/mol. The molecule has 0 heterocycles. The van der Waals surface area contributed by atoms with Gasteiger partial charge in [-0.2, -0.15) is 0 Å². The van der Waals surface area contributed by atoms with Gasteiger partial charge in [0.2, 0.25) is 16.6 Å². The van der Waals surface area contributed by atoms with E-state index >= 15 is 0 Å². The van der Waals surface area contributed by atoms with Crippen LogP contribution in [0, 0.1) is 10.1 Å². The SMILES string of the molecule is CC(C)(C[N+](=O)[O-])c1cc(Br)cc(S(N)(=O)=O)c1O. The van der Waals surface area contributed by atoms with E-state index in [0.29, 0.717) is 4.47 Å². The molecule has 19 heavy (non-hydrogen) atoms. The third kappa shape index (κ3) is 3.64. The highest BCUT2D eigenvalue weighted by atomic mass is 79.9. The first kappa shape index (κ1) is 15.9. The average molecular weight is 353 g/mol. The zero-order valence-electron chi connectivity index (χ0n) is 10.3. The van der Waals surface area contributed by atoms with Gasteiger partial charge in [0.15, 0.2) is 0 Å². The molecule has 0 saturated carbocycles. The highest BCUT2D eigenvalue weighted by Crippen LogP contribution is 2.37. The second kappa shape index (κ2) is 5.06. The average Bonchev–Trinajstić information content (AvgIpc) is 2.17. The van der Waals surface area contributed by atoms with E-state index in [4.69, 9.17) is 5.14 Å². The molecule has 0 unspecified atom stereocenters. The molecule has 0 saturated heterocycles. The van der Waals surface area contributed by atoms with Crippen molar-refractivity contribution >= 4 is 26.0 Å². The van der Waals surface area contributed by atoms with Crippen LogP contribution in [0.5, 0.6) is 5.75 Å². The van der Waals surface area contributed by atoms with E-state index < -0.39 is 37.6 Å². The number of rotatable bonds is 4. The molecule has 0 bridgehead atoms. The van der Waals surface area contributed by atoms with Crippen LogP contribution in [0.1, 0.15) is 19.4 Å². The number of aromatic hydroxyl groups is 1. The van der Waals surface area contributed by atoms with Crippen LogP contribution in [0.15, 0.2) is 21.5 Å². The fraction of sp³-hybridized carbons (Fsp3) is 0.400. The van der Waals surface area contributed by atoms with E-state index in [1.807, 2.05) is 0 Å². The minimum Gasteiger partial charge on any atom is -0.506 e. The van der Waals surface area contributed by atoms with Gasteiger partial charge in [-0.3, -0.25) is 10.1 Å². The summed E-state index contributed by atoms with van der Waals surface area (Å²) in [6.07, 6.45) is 0. The number of phenolic OH excluding ortho intramolecular Hbond substituents is 1. The summed E-state index contributed by atoms with van der Waals surface area (Å²) in [5.41, 5.74) is -0.904. The lowest BCUT2D eigenvalue weighted by atomic mass is 9.84. The molecule has 0 aliphatic carbocycles. The summed E-state index contributed by atoms with van der Waals surface area (Å²) in [5, 5.41) is 25.6. The lowest BCUT2D eigenvalue weighted by molar-refractivity contribution is -0.489. The number of hydrogen-bond donors (Lipinski definition) is 2. The number of hydrogen-bond acceptors (Lipinski definition) is 5. The van der Waals surface area contributed by atoms with Crippen molar-refractivity contribution < 1.29 is 18.4 Å². The molecule has 0 aliphatic rings. The van der Waals surface area contributed by atoms with Gasteiger partial charge in [0.1, 0.15) is 10.6 Å². The molecule has 0 fully saturated rings. The molecule has 0 spiro atoms. The molecule has 0 atom stereocenters. The number of phenols is 1. The maximum absolute atomic E-state index is 11.4. The van der Waals surface area contributed by atoms with Gasteiger partial charge in [0.05, 0.1) is 5.41 Å². The first-order valence-electron chi connectivity index (χ1n) is 5.13. The summed E-state index contributed by atoms with van der Waals surface area (Å²) in [6.45, 7) is 2.61. The molecule has 0 radical (unpaired) electrons. The molecule has 1 rings (SSSR count). The highest BCUT2D eigenvalue weighted by Gasteiger charge is 2.32. The summed E-state index contributed by atoms with van der Waals surface area (Å²) < 4.78 is 23.1. The molecule has 0 aliphatic heterocycles. The lowest BCUT2D eigenvalue weighted by Gasteiger charge is -2.22. The van der Waals surface area contributed by atoms with Gasteiger partial charge in [0, 0.05) is 15.0 Å². The minimum atomic E-state index is -4.12. The van der Waals surface area contributed by atoms with Gasteiger partial charge in [-0.1, -0.05) is 15.9 Å². The van der Waals surface area contributed by atoms with Crippen LogP contribution in [0.3, 0.4) is 0 Å². The number of primary sulfonamides is 1. The van der Waals surface area contributed by atoms with E-state index in [1.165, 1.54) is 19.9 Å². The van der Waals surface area contributed by atoms with Crippen molar-refractivity contribution in [1.29, 1.82) is 0 Å². The zero-order chi connectivity index (χ0) is 15.0. The topological polar surface area (TPSA) is 124 Å². The standard InChI is InChI=1S/C10H13BrN2O5S/c1-10(2,5-13(15)16)7-3-6(11)4-8(9(7)14)19(12,17)18/h3-4,14H,5H2,1-2H3,(H2,12,17,18). The Hall–Kier alpha value is -1.19. The van der Waals surface area contributed by atoms with E-state index in [1.54, 1.807) is 0 Å². The number of sulfonamides is 1. The Labute approximate surface area is 118 Å². The molecule has 3 N–H and O–H groups in total. The number of halogens is 1. The first-order valence-corrected chi connectivity index (χ1v) is 7.46. The van der Waals surface area contributed by atoms with Crippen LogP contribution in [-0.2, 0) is 15.4 Å². The third-order valence-electron chi connectivity index (χ3n) is 2.60. The molecule has 1 aromatic carbocycles. The van der Waals surface area contributed by atoms with Crippen molar-refractivity contribution in [2.75, 3.05) is 6.54 Å². The largest absolute Gasteiger partial charge is 0.506 e. The zero-order valence-corrected chi connectivity index (χ0v) is 12.7. The van der Waals surface area contributed by atoms with Crippen molar-refractivity contribution in [2.24, 2.45) is 5.14 Å². The molecule has 0 aromatic heterocycles. The Morgan fingerprint density at radius 1 is 1.47 bits per heavy atom. The quantitative estimate of drug-likeness (QED) is 0.625. The van der Waals surface area contributed by atoms with Gasteiger partial charge in [-0.15, -0.1) is 0 Å². The monoisotopic (exact) mass is 352 g/mol. The summed E-state index contributed by atoms with van der Waals surface area (Å²) in [4.78, 5) is 9.64. The van der Waals surface area contributed by atoms with Crippen molar-refractivity contribution in [3.63, 3.8) is 0 Å². The molecule has 9 heteroatoms. The molecular formula is C10H13BrN2O5S. The van der Waals surface area contributed by atoms with E-state index in [9.17, 15) is 23.6 Å². The number of nitrogens with zero attached hydrogens (tertiary/aromatic N) is 1. The lowest BCUT2D eigenvalue weighted by Crippen LogP contribution is -2.28. The third-order valence-corrected chi connectivity index (χ3v) is 3.98. The van der Waals surface area contributed by atoms with Gasteiger partial charge in [-0.05, 0) is 26.0 Å². The van der Waals surface area contributed by atoms with Gasteiger partial charge in [0.25, 0.3) is 0 Å². The Kier molecular flexibility index (Phi) is 4.23. The van der Waals surface area contributed by atoms with Crippen LogP contribution >= 0.6 is 15.9 Å². The van der Waals surface area contributed by atoms with Crippen LogP contribution in [0.4, 0.5) is 0 Å². The van der Waals surface area contributed by atoms with Crippen LogP contribution in [0.2, 0.25) is 0 Å². The van der Waals surface area contributed by atoms with Gasteiger partial charge < -0.3 is 5.11 Å². The van der Waals surface area contributed by atoms with E-state index in [2.05, 4.69) is 15.9 Å². The van der Waals surface area contributed by atoms with E-state index in [-0.39, 0.29) is 5.56 Å². The smallest absolute Gasteiger partial charge is 0.241 e. The maximum Gasteiger partial charge on any atom is 0.241 e. The van der Waals surface area contributed by atoms with Crippen molar-refractivity contribution in [3.8, 4) is 5.75 Å². The van der Waals surface area contributed by atoms with Crippen molar-refractivity contribution in [1.82, 2.24) is 0 Å². The van der Waals surface area contributed by atoms with Crippen LogP contribution in [0.25, 0.3) is 0 Å². The Bertz CT molecular complexity index is 627. The first-order chi connectivity index (χ1) is 8.45. The molecule has 106 valence electrons.